The first-order valence-corrected chi connectivity index (χ1v) is 4.97. The predicted molar refractivity (Wildman–Crippen MR) is 54.1 cm³/mol. The summed E-state index contributed by atoms with van der Waals surface area (Å²) < 4.78 is -0.273. The van der Waals surface area contributed by atoms with Crippen LogP contribution in [0.5, 0.6) is 0 Å². The van der Waals surface area contributed by atoms with Gasteiger partial charge in [-0.25, -0.2) is 0 Å². The molecule has 76 valence electrons. The van der Waals surface area contributed by atoms with Crippen LogP contribution in [0.1, 0.15) is 12.0 Å². The molecule has 0 bridgehead atoms. The normalized spacial score (nSPS) is 32.0. The Balaban J connectivity index is 2.04. The molecule has 0 saturated carbocycles. The van der Waals surface area contributed by atoms with E-state index in [1.807, 2.05) is 30.3 Å². The lowest BCUT2D eigenvalue weighted by molar-refractivity contribution is -0.883. The second-order valence-electron chi connectivity index (χ2n) is 4.05. The van der Waals surface area contributed by atoms with E-state index in [0.717, 1.165) is 5.56 Å². The van der Waals surface area contributed by atoms with Crippen molar-refractivity contribution in [3.8, 4) is 0 Å². The molecule has 1 fully saturated rings. The van der Waals surface area contributed by atoms with Crippen molar-refractivity contribution in [3.63, 3.8) is 0 Å². The van der Waals surface area contributed by atoms with E-state index in [0.29, 0.717) is 26.1 Å². The van der Waals surface area contributed by atoms with Crippen molar-refractivity contribution in [2.75, 3.05) is 13.1 Å². The summed E-state index contributed by atoms with van der Waals surface area (Å²) in [5.74, 6) is 0. The van der Waals surface area contributed by atoms with Gasteiger partial charge in [0.25, 0.3) is 0 Å². The number of hydrogen-bond acceptors (Lipinski definition) is 2. The van der Waals surface area contributed by atoms with E-state index in [1.165, 1.54) is 0 Å². The van der Waals surface area contributed by atoms with Crippen LogP contribution in [0.25, 0.3) is 0 Å². The first kappa shape index (κ1) is 9.65. The van der Waals surface area contributed by atoms with Crippen molar-refractivity contribution in [2.45, 2.75) is 19.1 Å². The number of aliphatic hydroxyl groups excluding tert-OH is 1. The summed E-state index contributed by atoms with van der Waals surface area (Å²) in [5, 5.41) is 21.4. The van der Waals surface area contributed by atoms with Gasteiger partial charge in [0, 0.05) is 12.0 Å². The molecule has 2 unspecified atom stereocenters. The molecule has 0 aliphatic carbocycles. The fourth-order valence-corrected chi connectivity index (χ4v) is 2.01. The van der Waals surface area contributed by atoms with Crippen molar-refractivity contribution in [1.29, 1.82) is 0 Å². The van der Waals surface area contributed by atoms with Crippen LogP contribution in [-0.4, -0.2) is 28.9 Å². The van der Waals surface area contributed by atoms with E-state index in [4.69, 9.17) is 0 Å². The lowest BCUT2D eigenvalue weighted by Crippen LogP contribution is -2.39. The highest BCUT2D eigenvalue weighted by atomic mass is 16.5. The molecule has 1 aliphatic rings. The van der Waals surface area contributed by atoms with E-state index >= 15 is 0 Å². The molecule has 3 heteroatoms. The molecule has 2 rings (SSSR count). The Labute approximate surface area is 83.8 Å². The third-order valence-electron chi connectivity index (χ3n) is 2.73. The quantitative estimate of drug-likeness (QED) is 0.567. The molecule has 1 N–H and O–H groups in total. The molecule has 1 saturated heterocycles. The van der Waals surface area contributed by atoms with Crippen LogP contribution in [0.15, 0.2) is 30.3 Å². The zero-order valence-corrected chi connectivity index (χ0v) is 8.10. The Morgan fingerprint density at radius 2 is 2.07 bits per heavy atom. The summed E-state index contributed by atoms with van der Waals surface area (Å²) in [6.45, 7) is 1.36. The maximum Gasteiger partial charge on any atom is 0.109 e. The molecule has 2 atom stereocenters. The van der Waals surface area contributed by atoms with Gasteiger partial charge in [0.1, 0.15) is 19.2 Å². The molecule has 14 heavy (non-hydrogen) atoms. The Bertz CT molecular complexity index is 301. The lowest BCUT2D eigenvalue weighted by atomic mass is 10.2. The van der Waals surface area contributed by atoms with Gasteiger partial charge in [0.05, 0.1) is 6.54 Å². The molecule has 1 aliphatic heterocycles. The van der Waals surface area contributed by atoms with Crippen LogP contribution >= 0.6 is 0 Å². The highest BCUT2D eigenvalue weighted by Gasteiger charge is 2.29. The summed E-state index contributed by atoms with van der Waals surface area (Å²) in [4.78, 5) is 0. The molecule has 0 amide bonds. The third-order valence-corrected chi connectivity index (χ3v) is 2.73. The van der Waals surface area contributed by atoms with Gasteiger partial charge in [-0.15, -0.1) is 0 Å². The Hall–Kier alpha value is -0.900. The van der Waals surface area contributed by atoms with Gasteiger partial charge in [-0.1, -0.05) is 30.3 Å². The SMILES string of the molecule is [O-][N+]1(Cc2ccccc2)CCC(O)C1. The Morgan fingerprint density at radius 3 is 2.64 bits per heavy atom. The van der Waals surface area contributed by atoms with Crippen LogP contribution < -0.4 is 0 Å². The fourth-order valence-electron chi connectivity index (χ4n) is 2.01. The summed E-state index contributed by atoms with van der Waals surface area (Å²) in [5.41, 5.74) is 1.05. The number of nitrogens with zero attached hydrogens (tertiary/aromatic N) is 1. The minimum atomic E-state index is -0.406. The van der Waals surface area contributed by atoms with Gasteiger partial charge in [-0.05, 0) is 0 Å². The average Bonchev–Trinajstić information content (AvgIpc) is 2.47. The maximum absolute atomic E-state index is 12.1. The summed E-state index contributed by atoms with van der Waals surface area (Å²) >= 11 is 0. The maximum atomic E-state index is 12.1. The standard InChI is InChI=1S/C11H15NO2/c13-11-6-7-12(14,9-11)8-10-4-2-1-3-5-10/h1-5,11,13H,6-9H2. The molecule has 0 radical (unpaired) electrons. The molecular weight excluding hydrogens is 178 g/mol. The van der Waals surface area contributed by atoms with Crippen molar-refractivity contribution >= 4 is 0 Å². The number of quaternary nitrogens is 1. The van der Waals surface area contributed by atoms with E-state index in [1.54, 1.807) is 0 Å². The van der Waals surface area contributed by atoms with Crippen molar-refractivity contribution in [1.82, 2.24) is 0 Å². The summed E-state index contributed by atoms with van der Waals surface area (Å²) in [7, 11) is 0. The fraction of sp³-hybridized carbons (Fsp3) is 0.455. The van der Waals surface area contributed by atoms with Crippen LogP contribution in [0.4, 0.5) is 0 Å². The third kappa shape index (κ3) is 2.12. The number of hydroxylamine groups is 3. The van der Waals surface area contributed by atoms with Gasteiger partial charge in [-0.2, -0.15) is 0 Å². The zero-order valence-electron chi connectivity index (χ0n) is 8.10. The molecule has 0 spiro atoms. The summed E-state index contributed by atoms with van der Waals surface area (Å²) in [6.07, 6.45) is 0.229. The molecule has 1 aromatic carbocycles. The molecule has 1 aromatic rings. The highest BCUT2D eigenvalue weighted by molar-refractivity contribution is 5.13. The first-order valence-electron chi connectivity index (χ1n) is 4.97. The average molecular weight is 193 g/mol. The second kappa shape index (κ2) is 3.69. The van der Waals surface area contributed by atoms with Crippen LogP contribution in [0, 0.1) is 5.21 Å². The first-order chi connectivity index (χ1) is 6.68. The van der Waals surface area contributed by atoms with Crippen LogP contribution in [-0.2, 0) is 6.54 Å². The molecular formula is C11H15NO2. The number of benzene rings is 1. The number of hydrogen-bond donors (Lipinski definition) is 1. The zero-order chi connectivity index (χ0) is 10.0. The largest absolute Gasteiger partial charge is 0.632 e. The topological polar surface area (TPSA) is 43.3 Å². The van der Waals surface area contributed by atoms with Crippen LogP contribution in [0.3, 0.4) is 0 Å². The van der Waals surface area contributed by atoms with E-state index in [2.05, 4.69) is 0 Å². The summed E-state index contributed by atoms with van der Waals surface area (Å²) in [6, 6.07) is 9.74. The van der Waals surface area contributed by atoms with Gasteiger partial charge in [0.2, 0.25) is 0 Å². The Morgan fingerprint density at radius 1 is 1.36 bits per heavy atom. The predicted octanol–water partition coefficient (Wildman–Crippen LogP) is 1.27. The monoisotopic (exact) mass is 193 g/mol. The van der Waals surface area contributed by atoms with Gasteiger partial charge in [-0.3, -0.25) is 0 Å². The lowest BCUT2D eigenvalue weighted by Gasteiger charge is -2.38. The van der Waals surface area contributed by atoms with Crippen molar-refractivity contribution < 1.29 is 9.75 Å². The van der Waals surface area contributed by atoms with Gasteiger partial charge >= 0.3 is 0 Å². The van der Waals surface area contributed by atoms with Gasteiger partial charge in [0.15, 0.2) is 0 Å². The van der Waals surface area contributed by atoms with Crippen LogP contribution in [0.2, 0.25) is 0 Å². The van der Waals surface area contributed by atoms with Gasteiger partial charge < -0.3 is 15.0 Å². The molecule has 3 nitrogen and oxygen atoms in total. The van der Waals surface area contributed by atoms with E-state index in [-0.39, 0.29) is 4.65 Å². The smallest absolute Gasteiger partial charge is 0.109 e. The number of likely N-dealkylation sites (tertiary alicyclic amines) is 1. The molecule has 1 heterocycles. The minimum Gasteiger partial charge on any atom is -0.632 e. The molecule has 0 aromatic heterocycles. The number of aliphatic hydroxyl groups is 1. The Kier molecular flexibility index (Phi) is 2.54. The van der Waals surface area contributed by atoms with E-state index < -0.39 is 6.10 Å². The van der Waals surface area contributed by atoms with Crippen molar-refractivity contribution in [2.24, 2.45) is 0 Å². The van der Waals surface area contributed by atoms with Crippen molar-refractivity contribution in [3.05, 3.63) is 41.1 Å². The van der Waals surface area contributed by atoms with E-state index in [9.17, 15) is 10.3 Å². The minimum absolute atomic E-state index is 0.273. The number of rotatable bonds is 2. The second-order valence-corrected chi connectivity index (χ2v) is 4.05. The highest BCUT2D eigenvalue weighted by Crippen LogP contribution is 2.21.